The van der Waals surface area contributed by atoms with Crippen molar-refractivity contribution >= 4 is 11.8 Å². The fourth-order valence-corrected chi connectivity index (χ4v) is 2.82. The third-order valence-electron chi connectivity index (χ3n) is 2.32. The molecule has 1 saturated heterocycles. The minimum absolute atomic E-state index is 0.812. The van der Waals surface area contributed by atoms with Crippen molar-refractivity contribution in [2.75, 3.05) is 12.3 Å². The second kappa shape index (κ2) is 5.32. The van der Waals surface area contributed by atoms with Gasteiger partial charge in [0.05, 0.1) is 5.69 Å². The quantitative estimate of drug-likeness (QED) is 0.814. The standard InChI is InChI=1S/C10H15N3S/c1-2-10(14-5-1)8-12-7-9-6-11-3-4-13-9/h3-4,6,10,12H,1-2,5,7-8H2. The summed E-state index contributed by atoms with van der Waals surface area (Å²) < 4.78 is 0. The second-order valence-corrected chi connectivity index (χ2v) is 4.87. The average molecular weight is 209 g/mol. The van der Waals surface area contributed by atoms with Gasteiger partial charge < -0.3 is 5.32 Å². The van der Waals surface area contributed by atoms with Crippen LogP contribution in [0.2, 0.25) is 0 Å². The number of nitrogens with one attached hydrogen (secondary N) is 1. The molecule has 1 aromatic heterocycles. The molecular weight excluding hydrogens is 194 g/mol. The molecule has 76 valence electrons. The Kier molecular flexibility index (Phi) is 3.77. The molecule has 1 fully saturated rings. The third-order valence-corrected chi connectivity index (χ3v) is 3.72. The maximum absolute atomic E-state index is 4.21. The lowest BCUT2D eigenvalue weighted by molar-refractivity contribution is 0.636. The zero-order valence-electron chi connectivity index (χ0n) is 8.15. The molecule has 2 rings (SSSR count). The molecule has 0 aliphatic carbocycles. The Balaban J connectivity index is 1.67. The first-order chi connectivity index (χ1) is 6.95. The minimum Gasteiger partial charge on any atom is -0.310 e. The maximum atomic E-state index is 4.21. The molecule has 3 nitrogen and oxygen atoms in total. The van der Waals surface area contributed by atoms with Crippen LogP contribution >= 0.6 is 11.8 Å². The highest BCUT2D eigenvalue weighted by molar-refractivity contribution is 8.00. The average Bonchev–Trinajstić information content (AvgIpc) is 2.72. The highest BCUT2D eigenvalue weighted by Crippen LogP contribution is 2.25. The Hall–Kier alpha value is -0.610. The molecule has 1 N–H and O–H groups in total. The van der Waals surface area contributed by atoms with Gasteiger partial charge in [-0.15, -0.1) is 0 Å². The molecule has 4 heteroatoms. The van der Waals surface area contributed by atoms with Crippen molar-refractivity contribution in [1.82, 2.24) is 15.3 Å². The van der Waals surface area contributed by atoms with Gasteiger partial charge in [-0.05, 0) is 18.6 Å². The van der Waals surface area contributed by atoms with E-state index in [1.807, 2.05) is 6.20 Å². The summed E-state index contributed by atoms with van der Waals surface area (Å²) in [6, 6.07) is 0. The second-order valence-electron chi connectivity index (χ2n) is 3.46. The van der Waals surface area contributed by atoms with E-state index in [0.717, 1.165) is 24.0 Å². The van der Waals surface area contributed by atoms with Crippen LogP contribution in [0.1, 0.15) is 18.5 Å². The van der Waals surface area contributed by atoms with Crippen LogP contribution in [-0.2, 0) is 6.54 Å². The Labute approximate surface area is 88.7 Å². The van der Waals surface area contributed by atoms with Gasteiger partial charge in [-0.1, -0.05) is 0 Å². The van der Waals surface area contributed by atoms with E-state index >= 15 is 0 Å². The van der Waals surface area contributed by atoms with Crippen LogP contribution in [-0.4, -0.2) is 27.5 Å². The third kappa shape index (κ3) is 2.96. The number of hydrogen-bond donors (Lipinski definition) is 1. The molecule has 0 radical (unpaired) electrons. The first-order valence-electron chi connectivity index (χ1n) is 5.02. The highest BCUT2D eigenvalue weighted by Gasteiger charge is 2.14. The van der Waals surface area contributed by atoms with Gasteiger partial charge in [0.1, 0.15) is 0 Å². The number of thioether (sulfide) groups is 1. The van der Waals surface area contributed by atoms with Gasteiger partial charge in [0.2, 0.25) is 0 Å². The van der Waals surface area contributed by atoms with Crippen molar-refractivity contribution in [3.63, 3.8) is 0 Å². The molecule has 1 atom stereocenters. The molecule has 1 aliphatic rings. The SMILES string of the molecule is c1cnc(CNCC2CCCS2)cn1. The zero-order valence-corrected chi connectivity index (χ0v) is 8.96. The van der Waals surface area contributed by atoms with Crippen LogP contribution < -0.4 is 5.32 Å². The van der Waals surface area contributed by atoms with Gasteiger partial charge in [-0.3, -0.25) is 9.97 Å². The van der Waals surface area contributed by atoms with Crippen molar-refractivity contribution in [1.29, 1.82) is 0 Å². The van der Waals surface area contributed by atoms with Gasteiger partial charge >= 0.3 is 0 Å². The zero-order chi connectivity index (χ0) is 9.64. The van der Waals surface area contributed by atoms with E-state index in [1.165, 1.54) is 18.6 Å². The molecule has 14 heavy (non-hydrogen) atoms. The van der Waals surface area contributed by atoms with Gasteiger partial charge in [0.15, 0.2) is 0 Å². The lowest BCUT2D eigenvalue weighted by Crippen LogP contribution is -2.23. The van der Waals surface area contributed by atoms with Crippen LogP contribution in [0.15, 0.2) is 18.6 Å². The highest BCUT2D eigenvalue weighted by atomic mass is 32.2. The molecule has 1 aliphatic heterocycles. The van der Waals surface area contributed by atoms with Crippen LogP contribution in [0, 0.1) is 0 Å². The van der Waals surface area contributed by atoms with Crippen molar-refractivity contribution in [2.45, 2.75) is 24.6 Å². The maximum Gasteiger partial charge on any atom is 0.0724 e. The summed E-state index contributed by atoms with van der Waals surface area (Å²) in [5.74, 6) is 1.33. The van der Waals surface area contributed by atoms with E-state index in [-0.39, 0.29) is 0 Å². The summed E-state index contributed by atoms with van der Waals surface area (Å²) in [6.07, 6.45) is 7.99. The van der Waals surface area contributed by atoms with Crippen molar-refractivity contribution in [2.24, 2.45) is 0 Å². The lowest BCUT2D eigenvalue weighted by atomic mass is 10.2. The molecular formula is C10H15N3S. The van der Waals surface area contributed by atoms with Gasteiger partial charge in [-0.25, -0.2) is 0 Å². The Morgan fingerprint density at radius 3 is 3.21 bits per heavy atom. The first kappa shape index (κ1) is 9.93. The summed E-state index contributed by atoms with van der Waals surface area (Å²) in [5, 5.41) is 4.23. The fraction of sp³-hybridized carbons (Fsp3) is 0.600. The Bertz CT molecular complexity index is 259. The van der Waals surface area contributed by atoms with Crippen LogP contribution in [0.25, 0.3) is 0 Å². The van der Waals surface area contributed by atoms with E-state index < -0.39 is 0 Å². The number of hydrogen-bond acceptors (Lipinski definition) is 4. The Morgan fingerprint density at radius 1 is 1.50 bits per heavy atom. The molecule has 0 spiro atoms. The largest absolute Gasteiger partial charge is 0.310 e. The molecule has 0 aromatic carbocycles. The monoisotopic (exact) mass is 209 g/mol. The van der Waals surface area contributed by atoms with Crippen LogP contribution in [0.3, 0.4) is 0 Å². The summed E-state index contributed by atoms with van der Waals surface area (Å²) in [4.78, 5) is 8.24. The molecule has 1 unspecified atom stereocenters. The Morgan fingerprint density at radius 2 is 2.50 bits per heavy atom. The van der Waals surface area contributed by atoms with E-state index in [1.54, 1.807) is 12.4 Å². The van der Waals surface area contributed by atoms with E-state index in [4.69, 9.17) is 0 Å². The summed E-state index contributed by atoms with van der Waals surface area (Å²) >= 11 is 2.08. The van der Waals surface area contributed by atoms with E-state index in [2.05, 4.69) is 27.0 Å². The number of aromatic nitrogens is 2. The molecule has 0 amide bonds. The van der Waals surface area contributed by atoms with Crippen molar-refractivity contribution in [3.05, 3.63) is 24.3 Å². The van der Waals surface area contributed by atoms with Gasteiger partial charge in [-0.2, -0.15) is 11.8 Å². The normalized spacial score (nSPS) is 21.3. The van der Waals surface area contributed by atoms with E-state index in [0.29, 0.717) is 0 Å². The van der Waals surface area contributed by atoms with Gasteiger partial charge in [0.25, 0.3) is 0 Å². The fourth-order valence-electron chi connectivity index (χ4n) is 1.59. The summed E-state index contributed by atoms with van der Waals surface area (Å²) in [6.45, 7) is 1.94. The van der Waals surface area contributed by atoms with Crippen LogP contribution in [0.5, 0.6) is 0 Å². The number of rotatable bonds is 4. The van der Waals surface area contributed by atoms with Crippen molar-refractivity contribution in [3.8, 4) is 0 Å². The molecule has 2 heterocycles. The molecule has 1 aromatic rings. The first-order valence-corrected chi connectivity index (χ1v) is 6.07. The van der Waals surface area contributed by atoms with Crippen molar-refractivity contribution < 1.29 is 0 Å². The van der Waals surface area contributed by atoms with E-state index in [9.17, 15) is 0 Å². The summed E-state index contributed by atoms with van der Waals surface area (Å²) in [7, 11) is 0. The predicted molar refractivity (Wildman–Crippen MR) is 59.2 cm³/mol. The molecule has 0 bridgehead atoms. The van der Waals surface area contributed by atoms with Crippen LogP contribution in [0.4, 0.5) is 0 Å². The smallest absolute Gasteiger partial charge is 0.0724 e. The minimum atomic E-state index is 0.812. The van der Waals surface area contributed by atoms with Gasteiger partial charge in [0, 0.05) is 36.9 Å². The topological polar surface area (TPSA) is 37.8 Å². The molecule has 0 saturated carbocycles. The number of nitrogens with zero attached hydrogens (tertiary/aromatic N) is 2. The lowest BCUT2D eigenvalue weighted by Gasteiger charge is -2.08. The predicted octanol–water partition coefficient (Wildman–Crippen LogP) is 1.46. The summed E-state index contributed by atoms with van der Waals surface area (Å²) in [5.41, 5.74) is 1.02.